The third-order valence-corrected chi connectivity index (χ3v) is 4.85. The molecule has 8 heteroatoms. The van der Waals surface area contributed by atoms with Crippen LogP contribution in [0, 0.1) is 0 Å². The lowest BCUT2D eigenvalue weighted by atomic mass is 9.82. The Hall–Kier alpha value is -2.29. The molecule has 5 N–H and O–H groups in total. The Bertz CT molecular complexity index is 729. The molecule has 0 saturated carbocycles. The maximum atomic E-state index is 11.6. The molecule has 0 saturated heterocycles. The Balaban J connectivity index is 2.50. The molecular weight excluding hydrogens is 364 g/mol. The van der Waals surface area contributed by atoms with E-state index >= 15 is 0 Å². The topological polar surface area (TPSA) is 122 Å². The number of nitrogens with zero attached hydrogens (tertiary/aromatic N) is 1. The zero-order valence-corrected chi connectivity index (χ0v) is 16.6. The number of nitrogens with one attached hydrogen (secondary N) is 1. The van der Waals surface area contributed by atoms with Gasteiger partial charge in [-0.25, -0.2) is 4.79 Å². The lowest BCUT2D eigenvalue weighted by Gasteiger charge is -2.45. The molecule has 156 valence electrons. The highest BCUT2D eigenvalue weighted by Crippen LogP contribution is 2.45. The monoisotopic (exact) mass is 394 g/mol. The summed E-state index contributed by atoms with van der Waals surface area (Å²) in [6.07, 6.45) is -0.761. The van der Waals surface area contributed by atoms with Crippen LogP contribution in [0.4, 0.5) is 4.79 Å². The Labute approximate surface area is 165 Å². The molecule has 1 aliphatic carbocycles. The maximum absolute atomic E-state index is 11.6. The van der Waals surface area contributed by atoms with Crippen LogP contribution in [0.2, 0.25) is 0 Å². The molecule has 0 radical (unpaired) electrons. The fourth-order valence-corrected chi connectivity index (χ4v) is 3.59. The number of rotatable bonds is 8. The van der Waals surface area contributed by atoms with Gasteiger partial charge in [0, 0.05) is 30.8 Å². The van der Waals surface area contributed by atoms with E-state index in [9.17, 15) is 25.2 Å². The second-order valence-corrected chi connectivity index (χ2v) is 6.77. The number of alkyl carbamates (subject to hydrolysis) is 1. The van der Waals surface area contributed by atoms with E-state index in [-0.39, 0.29) is 24.3 Å². The zero-order chi connectivity index (χ0) is 20.9. The minimum absolute atomic E-state index is 0.0325. The lowest BCUT2D eigenvalue weighted by molar-refractivity contribution is -0.177. The van der Waals surface area contributed by atoms with Crippen LogP contribution in [0.25, 0.3) is 5.76 Å². The number of amides is 1. The first-order valence-corrected chi connectivity index (χ1v) is 9.63. The number of aliphatic hydroxyl groups excluding tert-OH is 3. The fraction of sp³-hybridized carbons (Fsp3) is 0.550. The Kier molecular flexibility index (Phi) is 7.29. The molecule has 1 aliphatic rings. The highest BCUT2D eigenvalue weighted by molar-refractivity contribution is 5.71. The van der Waals surface area contributed by atoms with Gasteiger partial charge in [0.25, 0.3) is 0 Å². The first kappa shape index (κ1) is 22.0. The van der Waals surface area contributed by atoms with E-state index in [4.69, 9.17) is 4.74 Å². The van der Waals surface area contributed by atoms with Crippen molar-refractivity contribution in [2.75, 3.05) is 19.7 Å². The van der Waals surface area contributed by atoms with Crippen molar-refractivity contribution in [2.45, 2.75) is 52.0 Å². The van der Waals surface area contributed by atoms with E-state index in [0.29, 0.717) is 31.5 Å². The molecule has 28 heavy (non-hydrogen) atoms. The van der Waals surface area contributed by atoms with Crippen LogP contribution in [0.1, 0.15) is 56.4 Å². The lowest BCUT2D eigenvalue weighted by Crippen LogP contribution is -2.57. The van der Waals surface area contributed by atoms with Crippen molar-refractivity contribution in [3.63, 3.8) is 0 Å². The second-order valence-electron chi connectivity index (χ2n) is 6.77. The van der Waals surface area contributed by atoms with Crippen LogP contribution >= 0.6 is 0 Å². The molecule has 1 aromatic rings. The number of benzene rings is 1. The molecule has 0 aliphatic heterocycles. The van der Waals surface area contributed by atoms with Crippen LogP contribution in [0.3, 0.4) is 0 Å². The molecule has 2 rings (SSSR count). The Morgan fingerprint density at radius 1 is 1.21 bits per heavy atom. The Morgan fingerprint density at radius 3 is 2.43 bits per heavy atom. The molecule has 0 fully saturated rings. The molecule has 2 unspecified atom stereocenters. The molecule has 8 nitrogen and oxygen atoms in total. The molecule has 1 amide bonds. The highest BCUT2D eigenvalue weighted by Gasteiger charge is 2.52. The summed E-state index contributed by atoms with van der Waals surface area (Å²) in [6, 6.07) is 4.85. The molecule has 2 atom stereocenters. The summed E-state index contributed by atoms with van der Waals surface area (Å²) in [5.41, 5.74) is -1.19. The first-order valence-electron chi connectivity index (χ1n) is 9.63. The summed E-state index contributed by atoms with van der Waals surface area (Å²) in [4.78, 5) is 13.2. The van der Waals surface area contributed by atoms with E-state index in [0.717, 1.165) is 0 Å². The van der Waals surface area contributed by atoms with Crippen molar-refractivity contribution in [2.24, 2.45) is 0 Å². The van der Waals surface area contributed by atoms with Gasteiger partial charge in [0.1, 0.15) is 6.10 Å². The summed E-state index contributed by atoms with van der Waals surface area (Å²) in [5.74, 6) is -1.16. The van der Waals surface area contributed by atoms with E-state index in [1.54, 1.807) is 30.0 Å². The van der Waals surface area contributed by atoms with Crippen molar-refractivity contribution < 1.29 is 30.0 Å². The summed E-state index contributed by atoms with van der Waals surface area (Å²) in [5, 5.41) is 46.2. The van der Waals surface area contributed by atoms with Crippen LogP contribution < -0.4 is 5.32 Å². The van der Waals surface area contributed by atoms with Gasteiger partial charge in [0.05, 0.1) is 6.61 Å². The summed E-state index contributed by atoms with van der Waals surface area (Å²) in [7, 11) is 0. The predicted molar refractivity (Wildman–Crippen MR) is 105 cm³/mol. The van der Waals surface area contributed by atoms with Crippen LogP contribution in [-0.4, -0.2) is 56.8 Å². The smallest absolute Gasteiger partial charge is 0.407 e. The number of carbonyl (C=O) groups is 1. The Morgan fingerprint density at radius 2 is 1.86 bits per heavy atom. The average molecular weight is 394 g/mol. The first-order chi connectivity index (χ1) is 13.3. The van der Waals surface area contributed by atoms with Crippen LogP contribution in [-0.2, 0) is 11.3 Å². The van der Waals surface area contributed by atoms with Gasteiger partial charge >= 0.3 is 6.09 Å². The van der Waals surface area contributed by atoms with E-state index in [1.807, 2.05) is 13.8 Å². The van der Waals surface area contributed by atoms with Gasteiger partial charge in [-0.1, -0.05) is 32.0 Å². The van der Waals surface area contributed by atoms with Gasteiger partial charge in [0.2, 0.25) is 5.72 Å². The van der Waals surface area contributed by atoms with Crippen molar-refractivity contribution in [3.8, 4) is 0 Å². The fourth-order valence-electron chi connectivity index (χ4n) is 3.59. The molecule has 0 aromatic heterocycles. The third kappa shape index (κ3) is 3.94. The van der Waals surface area contributed by atoms with Crippen molar-refractivity contribution >= 4 is 11.9 Å². The van der Waals surface area contributed by atoms with Crippen molar-refractivity contribution in [1.82, 2.24) is 10.2 Å². The molecule has 0 spiro atoms. The zero-order valence-electron chi connectivity index (χ0n) is 16.6. The third-order valence-electron chi connectivity index (χ3n) is 4.85. The average Bonchev–Trinajstić information content (AvgIpc) is 2.68. The number of aliphatic hydroxyl groups is 4. The number of fused-ring (bicyclic) bond motifs is 1. The van der Waals surface area contributed by atoms with Gasteiger partial charge in [0.15, 0.2) is 11.5 Å². The summed E-state index contributed by atoms with van der Waals surface area (Å²) in [6.45, 7) is 6.62. The van der Waals surface area contributed by atoms with Crippen LogP contribution in [0.5, 0.6) is 0 Å². The number of hydrogen-bond acceptors (Lipinski definition) is 7. The largest absolute Gasteiger partial charge is 0.505 e. The summed E-state index contributed by atoms with van der Waals surface area (Å²) < 4.78 is 4.85. The van der Waals surface area contributed by atoms with Gasteiger partial charge < -0.3 is 30.5 Å². The number of carbonyl (C=O) groups excluding carboxylic acids is 1. The van der Waals surface area contributed by atoms with Gasteiger partial charge in [-0.15, -0.1) is 0 Å². The van der Waals surface area contributed by atoms with E-state index in [2.05, 4.69) is 5.32 Å². The van der Waals surface area contributed by atoms with E-state index in [1.165, 1.54) is 0 Å². The van der Waals surface area contributed by atoms with Crippen molar-refractivity contribution in [1.29, 1.82) is 0 Å². The molecular formula is C20H30N2O6. The normalized spacial score (nSPS) is 21.6. The van der Waals surface area contributed by atoms with Gasteiger partial charge in [-0.3, -0.25) is 4.90 Å². The highest BCUT2D eigenvalue weighted by atomic mass is 16.5. The van der Waals surface area contributed by atoms with Crippen LogP contribution in [0.15, 0.2) is 24.0 Å². The minimum Gasteiger partial charge on any atom is -0.505 e. The molecule has 0 bridgehead atoms. The van der Waals surface area contributed by atoms with Gasteiger partial charge in [-0.2, -0.15) is 0 Å². The van der Waals surface area contributed by atoms with Gasteiger partial charge in [-0.05, 0) is 25.3 Å². The number of hydrogen-bond donors (Lipinski definition) is 5. The van der Waals surface area contributed by atoms with E-state index < -0.39 is 29.4 Å². The molecule has 0 heterocycles. The number of ether oxygens (including phenoxy) is 1. The second kappa shape index (κ2) is 9.27. The summed E-state index contributed by atoms with van der Waals surface area (Å²) >= 11 is 0. The predicted octanol–water partition coefficient (Wildman–Crippen LogP) is 2.57. The molecule has 1 aromatic carbocycles. The standard InChI is InChI=1S/C20H30N2O6/c1-4-10-22(11-5-2)20(27)17(24)15-13(12-21-19(26)28-6-3)8-7-9-14(15)16(23)18(20)25/h7-9,17,23-25,27H,4-6,10-12H2,1-3H3,(H,21,26). The maximum Gasteiger partial charge on any atom is 0.407 e. The SMILES string of the molecule is CCCN(CCC)C1(O)C(O)=C(O)c2cccc(CNC(=O)OCC)c2C1O. The minimum atomic E-state index is -2.16. The quantitative estimate of drug-likeness (QED) is 0.430. The van der Waals surface area contributed by atoms with Crippen molar-refractivity contribution in [3.05, 3.63) is 40.6 Å².